The van der Waals surface area contributed by atoms with Crippen LogP contribution in [0.4, 0.5) is 13.2 Å². The second-order valence-electron chi connectivity index (χ2n) is 12.2. The van der Waals surface area contributed by atoms with E-state index in [2.05, 4.69) is 34.6 Å². The molecule has 2 aliphatic rings. The van der Waals surface area contributed by atoms with Crippen LogP contribution < -0.4 is 9.47 Å². The maximum absolute atomic E-state index is 12.7. The van der Waals surface area contributed by atoms with Crippen molar-refractivity contribution in [3.05, 3.63) is 54.4 Å². The molecule has 2 aromatic heterocycles. The topological polar surface area (TPSA) is 82.0 Å². The van der Waals surface area contributed by atoms with Gasteiger partial charge in [0.1, 0.15) is 18.2 Å². The van der Waals surface area contributed by atoms with Crippen LogP contribution in [0.3, 0.4) is 0 Å². The van der Waals surface area contributed by atoms with Gasteiger partial charge in [-0.15, -0.1) is 0 Å². The molecule has 1 amide bonds. The molecular weight excluding hydrogens is 579 g/mol. The molecule has 0 radical (unpaired) electrons. The van der Waals surface area contributed by atoms with Crippen molar-refractivity contribution < 1.29 is 32.2 Å². The Bertz CT molecular complexity index is 1390. The first-order valence-electron chi connectivity index (χ1n) is 14.6. The zero-order valence-corrected chi connectivity index (χ0v) is 25.8. The van der Waals surface area contributed by atoms with Crippen LogP contribution in [0.5, 0.6) is 17.4 Å². The number of ether oxygens (including phenoxy) is 3. The summed E-state index contributed by atoms with van der Waals surface area (Å²) in [6.07, 6.45) is -0.505. The number of amides is 1. The van der Waals surface area contributed by atoms with Crippen molar-refractivity contribution in [2.45, 2.75) is 50.9 Å². The predicted molar refractivity (Wildman–Crippen MR) is 158 cm³/mol. The van der Waals surface area contributed by atoms with Crippen molar-refractivity contribution in [3.63, 3.8) is 0 Å². The Hall–Kier alpha value is -3.42. The number of halogens is 3. The quantitative estimate of drug-likeness (QED) is 0.204. The number of alkyl halides is 3. The molecule has 1 unspecified atom stereocenters. The number of hydrogen-bond donors (Lipinski definition) is 0. The summed E-state index contributed by atoms with van der Waals surface area (Å²) < 4.78 is 57.7. The molecule has 13 heteroatoms. The molecule has 2 aliphatic heterocycles. The van der Waals surface area contributed by atoms with E-state index < -0.39 is 20.2 Å². The number of benzene rings is 1. The van der Waals surface area contributed by atoms with Gasteiger partial charge >= 0.3 is 12.1 Å². The van der Waals surface area contributed by atoms with Gasteiger partial charge in [0.15, 0.2) is 0 Å². The van der Waals surface area contributed by atoms with E-state index in [0.717, 1.165) is 53.1 Å². The largest absolute Gasteiger partial charge is 0.493 e. The highest BCUT2D eigenvalue weighted by Crippen LogP contribution is 2.39. The van der Waals surface area contributed by atoms with Crippen LogP contribution in [0.25, 0.3) is 11.3 Å². The van der Waals surface area contributed by atoms with Crippen molar-refractivity contribution in [2.75, 3.05) is 45.9 Å². The Morgan fingerprint density at radius 2 is 1.88 bits per heavy atom. The molecule has 0 bridgehead atoms. The van der Waals surface area contributed by atoms with E-state index in [1.165, 1.54) is 0 Å². The summed E-state index contributed by atoms with van der Waals surface area (Å²) in [6, 6.07) is 12.5. The number of nitrogens with zero attached hydrogens (tertiary/aromatic N) is 5. The van der Waals surface area contributed by atoms with E-state index >= 15 is 0 Å². The summed E-state index contributed by atoms with van der Waals surface area (Å²) >= 11 is 0. The molecular formula is C30H38F3N5O4Si. The van der Waals surface area contributed by atoms with E-state index in [9.17, 15) is 18.0 Å². The lowest BCUT2D eigenvalue weighted by Crippen LogP contribution is -2.52. The summed E-state index contributed by atoms with van der Waals surface area (Å²) in [6.45, 7) is 10.4. The lowest BCUT2D eigenvalue weighted by atomic mass is 9.97. The average Bonchev–Trinajstić information content (AvgIpc) is 3.60. The number of pyridine rings is 1. The van der Waals surface area contributed by atoms with Gasteiger partial charge in [0, 0.05) is 82.4 Å². The standard InChI is InChI=1S/C30H38F3N5O4Si/c1-43(2,3)17-16-40-21-38-26(8-10-35-38)22-4-7-28(34-19-22)42-24-5-6-25-23(20-41-27(25)18-24)9-11-36-12-14-37(15-13-36)29(39)30(31,32)33/h4-8,10,18-19,23H,9,11-17,20-21H2,1-3H3. The number of hydrogen-bond acceptors (Lipinski definition) is 7. The average molecular weight is 618 g/mol. The highest BCUT2D eigenvalue weighted by atomic mass is 28.3. The molecule has 232 valence electrons. The number of piperazine rings is 1. The van der Waals surface area contributed by atoms with Crippen molar-refractivity contribution in [1.82, 2.24) is 24.6 Å². The summed E-state index contributed by atoms with van der Waals surface area (Å²) in [5.41, 5.74) is 2.91. The molecule has 1 aromatic carbocycles. The zero-order chi connectivity index (χ0) is 30.6. The van der Waals surface area contributed by atoms with E-state index in [0.29, 0.717) is 38.1 Å². The van der Waals surface area contributed by atoms with Crippen molar-refractivity contribution in [2.24, 2.45) is 0 Å². The van der Waals surface area contributed by atoms with Crippen LogP contribution >= 0.6 is 0 Å². The van der Waals surface area contributed by atoms with Gasteiger partial charge in [-0.1, -0.05) is 25.7 Å². The summed E-state index contributed by atoms with van der Waals surface area (Å²) in [4.78, 5) is 18.9. The predicted octanol–water partition coefficient (Wildman–Crippen LogP) is 5.62. The van der Waals surface area contributed by atoms with E-state index in [1.807, 2.05) is 41.1 Å². The maximum Gasteiger partial charge on any atom is 0.471 e. The molecule has 1 saturated heterocycles. The van der Waals surface area contributed by atoms with Gasteiger partial charge < -0.3 is 19.1 Å². The fourth-order valence-corrected chi connectivity index (χ4v) is 5.93. The van der Waals surface area contributed by atoms with Gasteiger partial charge in [-0.25, -0.2) is 9.67 Å². The molecule has 0 spiro atoms. The Morgan fingerprint density at radius 3 is 2.58 bits per heavy atom. The van der Waals surface area contributed by atoms with Crippen LogP contribution in [0, 0.1) is 0 Å². The first-order valence-corrected chi connectivity index (χ1v) is 18.3. The monoisotopic (exact) mass is 617 g/mol. The van der Waals surface area contributed by atoms with Crippen molar-refractivity contribution in [3.8, 4) is 28.6 Å². The smallest absolute Gasteiger partial charge is 0.471 e. The molecule has 3 aromatic rings. The Labute approximate surface area is 250 Å². The first kappa shape index (κ1) is 31.0. The molecule has 5 rings (SSSR count). The fourth-order valence-electron chi connectivity index (χ4n) is 5.17. The minimum atomic E-state index is -4.82. The number of aromatic nitrogens is 3. The molecule has 1 atom stereocenters. The Balaban J connectivity index is 1.11. The summed E-state index contributed by atoms with van der Waals surface area (Å²) in [7, 11) is -1.15. The molecule has 43 heavy (non-hydrogen) atoms. The number of carbonyl (C=O) groups excluding carboxylic acids is 1. The van der Waals surface area contributed by atoms with Crippen LogP contribution in [-0.4, -0.2) is 90.7 Å². The van der Waals surface area contributed by atoms with E-state index in [4.69, 9.17) is 14.2 Å². The van der Waals surface area contributed by atoms with Crippen molar-refractivity contribution >= 4 is 14.0 Å². The van der Waals surface area contributed by atoms with Gasteiger partial charge in [0.2, 0.25) is 5.88 Å². The van der Waals surface area contributed by atoms with Gasteiger partial charge in [0.25, 0.3) is 0 Å². The molecule has 1 fully saturated rings. The van der Waals surface area contributed by atoms with Gasteiger partial charge in [-0.2, -0.15) is 18.3 Å². The van der Waals surface area contributed by atoms with Crippen molar-refractivity contribution in [1.29, 1.82) is 0 Å². The molecule has 4 heterocycles. The molecule has 9 nitrogen and oxygen atoms in total. The number of rotatable bonds is 11. The van der Waals surface area contributed by atoms with E-state index in [-0.39, 0.29) is 19.0 Å². The second-order valence-corrected chi connectivity index (χ2v) is 17.8. The third-order valence-corrected chi connectivity index (χ3v) is 9.45. The highest BCUT2D eigenvalue weighted by Gasteiger charge is 2.43. The molecule has 0 saturated carbocycles. The molecule has 0 aliphatic carbocycles. The molecule has 0 N–H and O–H groups in total. The number of fused-ring (bicyclic) bond motifs is 1. The van der Waals surface area contributed by atoms with E-state index in [1.54, 1.807) is 12.4 Å². The van der Waals surface area contributed by atoms with Crippen LogP contribution in [-0.2, 0) is 16.3 Å². The Kier molecular flexibility index (Phi) is 9.42. The summed E-state index contributed by atoms with van der Waals surface area (Å²) in [5.74, 6) is 0.263. The van der Waals surface area contributed by atoms with Gasteiger partial charge in [-0.05, 0) is 37.2 Å². The normalized spacial score (nSPS) is 17.5. The Morgan fingerprint density at radius 1 is 1.09 bits per heavy atom. The fraction of sp³-hybridized carbons (Fsp3) is 0.500. The minimum absolute atomic E-state index is 0.0860. The third-order valence-electron chi connectivity index (χ3n) is 7.74. The van der Waals surface area contributed by atoms with Gasteiger partial charge in [-0.3, -0.25) is 9.69 Å². The lowest BCUT2D eigenvalue weighted by Gasteiger charge is -2.35. The SMILES string of the molecule is C[Si](C)(C)CCOCn1nccc1-c1ccc(Oc2ccc3c(c2)OCC3CCN2CCN(C(=O)C(F)(F)F)CC2)nc1. The van der Waals surface area contributed by atoms with Crippen LogP contribution in [0.2, 0.25) is 25.7 Å². The van der Waals surface area contributed by atoms with Crippen LogP contribution in [0.15, 0.2) is 48.8 Å². The maximum atomic E-state index is 12.7. The lowest BCUT2D eigenvalue weighted by molar-refractivity contribution is -0.187. The highest BCUT2D eigenvalue weighted by molar-refractivity contribution is 6.76. The minimum Gasteiger partial charge on any atom is -0.493 e. The number of carbonyl (C=O) groups is 1. The summed E-state index contributed by atoms with van der Waals surface area (Å²) in [5, 5.41) is 4.39. The third kappa shape index (κ3) is 8.15. The first-order chi connectivity index (χ1) is 20.5. The van der Waals surface area contributed by atoms with Crippen LogP contribution in [0.1, 0.15) is 17.9 Å². The second kappa shape index (κ2) is 13.1. The zero-order valence-electron chi connectivity index (χ0n) is 24.8. The van der Waals surface area contributed by atoms with Gasteiger partial charge in [0.05, 0.1) is 12.3 Å².